The van der Waals surface area contributed by atoms with Crippen LogP contribution in [0.2, 0.25) is 0 Å². The highest BCUT2D eigenvalue weighted by atomic mass is 32.2. The molecule has 7 nitrogen and oxygen atoms in total. The minimum absolute atomic E-state index is 0.0680. The van der Waals surface area contributed by atoms with Crippen molar-refractivity contribution in [3.8, 4) is 0 Å². The fraction of sp³-hybridized carbons (Fsp3) is 0.176. The summed E-state index contributed by atoms with van der Waals surface area (Å²) in [6.45, 7) is 1.69. The molecule has 8 heteroatoms. The third-order valence-corrected chi connectivity index (χ3v) is 5.36. The number of H-pyrrole nitrogens is 1. The van der Waals surface area contributed by atoms with Crippen LogP contribution < -0.4 is 10.4 Å². The average molecular weight is 359 g/mol. The van der Waals surface area contributed by atoms with E-state index in [0.717, 1.165) is 5.52 Å². The highest BCUT2D eigenvalue weighted by Gasteiger charge is 2.14. The molecule has 0 fully saturated rings. The average Bonchev–Trinajstić information content (AvgIpc) is 2.90. The first-order valence-electron chi connectivity index (χ1n) is 7.67. The minimum Gasteiger partial charge on any atom is -0.306 e. The first kappa shape index (κ1) is 17.1. The van der Waals surface area contributed by atoms with Gasteiger partial charge in [0.15, 0.2) is 5.78 Å². The molecule has 0 aliphatic rings. The summed E-state index contributed by atoms with van der Waals surface area (Å²) in [4.78, 5) is 26.0. The van der Waals surface area contributed by atoms with Gasteiger partial charge >= 0.3 is 5.69 Å². The van der Waals surface area contributed by atoms with Gasteiger partial charge in [-0.1, -0.05) is 24.3 Å². The summed E-state index contributed by atoms with van der Waals surface area (Å²) in [6, 6.07) is 12.9. The topological polar surface area (TPSA) is 101 Å². The minimum atomic E-state index is -3.71. The Morgan fingerprint density at radius 1 is 1.12 bits per heavy atom. The van der Waals surface area contributed by atoms with Gasteiger partial charge in [0, 0.05) is 18.7 Å². The van der Waals surface area contributed by atoms with Crippen molar-refractivity contribution in [2.24, 2.45) is 0 Å². The third kappa shape index (κ3) is 3.54. The van der Waals surface area contributed by atoms with Gasteiger partial charge in [-0.05, 0) is 31.2 Å². The van der Waals surface area contributed by atoms with Crippen LogP contribution in [0.1, 0.15) is 17.3 Å². The number of hydrogen-bond acceptors (Lipinski definition) is 4. The molecule has 3 aromatic rings. The van der Waals surface area contributed by atoms with Gasteiger partial charge in [-0.3, -0.25) is 9.36 Å². The highest BCUT2D eigenvalue weighted by Crippen LogP contribution is 2.11. The number of nitrogens with zero attached hydrogens (tertiary/aromatic N) is 1. The van der Waals surface area contributed by atoms with Crippen molar-refractivity contribution in [2.45, 2.75) is 18.4 Å². The molecule has 25 heavy (non-hydrogen) atoms. The Balaban J connectivity index is 1.73. The fourth-order valence-electron chi connectivity index (χ4n) is 2.57. The molecule has 2 N–H and O–H groups in total. The lowest BCUT2D eigenvalue weighted by atomic mass is 10.2. The van der Waals surface area contributed by atoms with Crippen molar-refractivity contribution in [3.05, 3.63) is 64.6 Å². The van der Waals surface area contributed by atoms with Crippen molar-refractivity contribution in [1.29, 1.82) is 0 Å². The predicted molar refractivity (Wildman–Crippen MR) is 94.2 cm³/mol. The van der Waals surface area contributed by atoms with Crippen molar-refractivity contribution in [2.75, 3.05) is 6.54 Å². The summed E-state index contributed by atoms with van der Waals surface area (Å²) >= 11 is 0. The Kier molecular flexibility index (Phi) is 4.56. The van der Waals surface area contributed by atoms with Crippen LogP contribution in [-0.2, 0) is 16.6 Å². The van der Waals surface area contributed by atoms with Crippen LogP contribution >= 0.6 is 0 Å². The van der Waals surface area contributed by atoms with Gasteiger partial charge < -0.3 is 4.98 Å². The number of aromatic amines is 1. The Bertz CT molecular complexity index is 1080. The number of ketones is 1. The molecule has 0 saturated heterocycles. The number of carbonyl (C=O) groups excluding carboxylic acids is 1. The number of sulfonamides is 1. The molecule has 0 spiro atoms. The second-order valence-electron chi connectivity index (χ2n) is 5.58. The van der Waals surface area contributed by atoms with E-state index >= 15 is 0 Å². The zero-order valence-corrected chi connectivity index (χ0v) is 14.3. The fourth-order valence-corrected chi connectivity index (χ4v) is 3.59. The molecular formula is C17H17N3O4S. The molecule has 130 valence electrons. The maximum Gasteiger partial charge on any atom is 0.326 e. The number of carbonyl (C=O) groups is 1. The summed E-state index contributed by atoms with van der Waals surface area (Å²) in [5.74, 6) is -0.129. The van der Waals surface area contributed by atoms with E-state index in [1.807, 2.05) is 12.1 Å². The van der Waals surface area contributed by atoms with Crippen LogP contribution in [0, 0.1) is 0 Å². The van der Waals surface area contributed by atoms with Crippen LogP contribution in [-0.4, -0.2) is 30.3 Å². The van der Waals surface area contributed by atoms with E-state index in [2.05, 4.69) is 9.71 Å². The number of aromatic nitrogens is 2. The lowest BCUT2D eigenvalue weighted by molar-refractivity contribution is 0.101. The molecule has 3 rings (SSSR count). The summed E-state index contributed by atoms with van der Waals surface area (Å²) in [5, 5.41) is 0. The van der Waals surface area contributed by atoms with Gasteiger partial charge in [-0.15, -0.1) is 0 Å². The maximum atomic E-state index is 12.3. The molecule has 0 aliphatic heterocycles. The molecule has 1 heterocycles. The van der Waals surface area contributed by atoms with Gasteiger partial charge in [-0.25, -0.2) is 17.9 Å². The normalized spacial score (nSPS) is 11.7. The van der Waals surface area contributed by atoms with E-state index in [1.165, 1.54) is 35.8 Å². The molecule has 2 aromatic carbocycles. The zero-order chi connectivity index (χ0) is 18.0. The standard InChI is InChI=1S/C17H17N3O4S/c1-12(21)13-6-8-14(9-7-13)25(23,24)18-10-11-20-16-5-3-2-4-15(16)19-17(20)22/h2-9,18H,10-11H2,1H3,(H,19,22). The van der Waals surface area contributed by atoms with Crippen LogP contribution in [0.4, 0.5) is 0 Å². The number of nitrogens with one attached hydrogen (secondary N) is 2. The SMILES string of the molecule is CC(=O)c1ccc(S(=O)(=O)NCCn2c(=O)[nH]c3ccccc32)cc1. The van der Waals surface area contributed by atoms with E-state index in [-0.39, 0.29) is 29.5 Å². The number of para-hydroxylation sites is 2. The molecule has 0 unspecified atom stereocenters. The van der Waals surface area contributed by atoms with E-state index in [4.69, 9.17) is 0 Å². The van der Waals surface area contributed by atoms with Crippen LogP contribution in [0.3, 0.4) is 0 Å². The van der Waals surface area contributed by atoms with E-state index in [1.54, 1.807) is 12.1 Å². The quantitative estimate of drug-likeness (QED) is 0.652. The van der Waals surface area contributed by atoms with Gasteiger partial charge in [-0.2, -0.15) is 0 Å². The van der Waals surface area contributed by atoms with Gasteiger partial charge in [0.25, 0.3) is 0 Å². The second-order valence-corrected chi connectivity index (χ2v) is 7.34. The Morgan fingerprint density at radius 3 is 2.48 bits per heavy atom. The molecule has 0 atom stereocenters. The molecule has 0 bridgehead atoms. The Hall–Kier alpha value is -2.71. The predicted octanol–water partition coefficient (Wildman–Crippen LogP) is 1.51. The summed E-state index contributed by atoms with van der Waals surface area (Å²) in [6.07, 6.45) is 0. The third-order valence-electron chi connectivity index (χ3n) is 3.88. The van der Waals surface area contributed by atoms with Crippen LogP contribution in [0.5, 0.6) is 0 Å². The summed E-state index contributed by atoms with van der Waals surface area (Å²) in [7, 11) is -3.71. The van der Waals surface area contributed by atoms with Crippen LogP contribution in [0.25, 0.3) is 11.0 Å². The molecule has 0 saturated carbocycles. The molecule has 1 aromatic heterocycles. The molecule has 0 radical (unpaired) electrons. The van der Waals surface area contributed by atoms with Crippen molar-refractivity contribution < 1.29 is 13.2 Å². The molecule has 0 amide bonds. The lowest BCUT2D eigenvalue weighted by Gasteiger charge is -2.08. The second kappa shape index (κ2) is 6.66. The van der Waals surface area contributed by atoms with E-state index in [0.29, 0.717) is 11.1 Å². The van der Waals surface area contributed by atoms with Crippen molar-refractivity contribution in [3.63, 3.8) is 0 Å². The van der Waals surface area contributed by atoms with E-state index < -0.39 is 10.0 Å². The Morgan fingerprint density at radius 2 is 1.80 bits per heavy atom. The smallest absolute Gasteiger partial charge is 0.306 e. The number of imidazole rings is 1. The number of Topliss-reactive ketones (excluding diaryl/α,β-unsaturated/α-hetero) is 1. The summed E-state index contributed by atoms with van der Waals surface area (Å²) in [5.41, 5.74) is 1.59. The number of benzene rings is 2. The zero-order valence-electron chi connectivity index (χ0n) is 13.5. The van der Waals surface area contributed by atoms with Gasteiger partial charge in [0.2, 0.25) is 10.0 Å². The largest absolute Gasteiger partial charge is 0.326 e. The van der Waals surface area contributed by atoms with Crippen molar-refractivity contribution in [1.82, 2.24) is 14.3 Å². The highest BCUT2D eigenvalue weighted by molar-refractivity contribution is 7.89. The number of hydrogen-bond donors (Lipinski definition) is 2. The Labute approximate surface area is 144 Å². The molecule has 0 aliphatic carbocycles. The monoisotopic (exact) mass is 359 g/mol. The first-order chi connectivity index (χ1) is 11.9. The molecular weight excluding hydrogens is 342 g/mol. The first-order valence-corrected chi connectivity index (χ1v) is 9.15. The van der Waals surface area contributed by atoms with Gasteiger partial charge in [0.1, 0.15) is 0 Å². The van der Waals surface area contributed by atoms with Gasteiger partial charge in [0.05, 0.1) is 15.9 Å². The number of fused-ring (bicyclic) bond motifs is 1. The van der Waals surface area contributed by atoms with E-state index in [9.17, 15) is 18.0 Å². The maximum absolute atomic E-state index is 12.3. The van der Waals surface area contributed by atoms with Crippen LogP contribution in [0.15, 0.2) is 58.2 Å². The number of rotatable bonds is 6. The lowest BCUT2D eigenvalue weighted by Crippen LogP contribution is -2.30. The summed E-state index contributed by atoms with van der Waals surface area (Å²) < 4.78 is 28.5. The van der Waals surface area contributed by atoms with Crippen molar-refractivity contribution >= 4 is 26.8 Å².